The van der Waals surface area contributed by atoms with E-state index in [1.54, 1.807) is 51.1 Å². The van der Waals surface area contributed by atoms with E-state index in [0.717, 1.165) is 6.08 Å². The molecule has 0 unspecified atom stereocenters. The van der Waals surface area contributed by atoms with Crippen LogP contribution in [0, 0.1) is 5.41 Å². The molecule has 2 atom stereocenters. The molecule has 2 aromatic rings. The molecule has 0 spiro atoms. The van der Waals surface area contributed by atoms with Gasteiger partial charge in [0.05, 0.1) is 10.7 Å². The van der Waals surface area contributed by atoms with E-state index in [9.17, 15) is 19.2 Å². The standard InChI is InChI=1S/C24H28ClN5O4/c1-5-18(31)29-30-22(33)19(14-9-7-6-8-10-14)27-23(34)20(24(2,3)4)28-21(32)15-11-12-17(26)16(25)13-15/h5-13,19-20H,1,26H2,2-4H3,(H,27,34)(H,28,32)(H,29,31)(H,30,33)/t19-,20+/m0/s1. The van der Waals surface area contributed by atoms with Gasteiger partial charge in [-0.25, -0.2) is 0 Å². The summed E-state index contributed by atoms with van der Waals surface area (Å²) in [7, 11) is 0. The van der Waals surface area contributed by atoms with E-state index in [-0.39, 0.29) is 10.6 Å². The first kappa shape index (κ1) is 26.4. The van der Waals surface area contributed by atoms with Gasteiger partial charge in [0.1, 0.15) is 12.1 Å². The van der Waals surface area contributed by atoms with E-state index in [4.69, 9.17) is 17.3 Å². The van der Waals surface area contributed by atoms with Gasteiger partial charge < -0.3 is 16.4 Å². The quantitative estimate of drug-likeness (QED) is 0.232. The Balaban J connectivity index is 2.28. The van der Waals surface area contributed by atoms with Crippen LogP contribution in [0.3, 0.4) is 0 Å². The Hall–Kier alpha value is -3.85. The molecule has 0 saturated heterocycles. The third kappa shape index (κ3) is 7.08. The van der Waals surface area contributed by atoms with Crippen LogP contribution >= 0.6 is 11.6 Å². The maximum atomic E-state index is 13.3. The molecule has 0 aliphatic heterocycles. The molecule has 2 rings (SSSR count). The number of rotatable bonds is 7. The molecule has 0 aliphatic carbocycles. The molecule has 0 aliphatic rings. The summed E-state index contributed by atoms with van der Waals surface area (Å²) in [5.41, 5.74) is 10.4. The van der Waals surface area contributed by atoms with Crippen molar-refractivity contribution >= 4 is 40.9 Å². The van der Waals surface area contributed by atoms with Gasteiger partial charge in [-0.1, -0.05) is 69.3 Å². The first-order valence-corrected chi connectivity index (χ1v) is 10.7. The number of nitrogens with two attached hydrogens (primary N) is 1. The molecule has 10 heteroatoms. The number of carbonyl (C=O) groups excluding carboxylic acids is 4. The molecule has 180 valence electrons. The van der Waals surface area contributed by atoms with Crippen molar-refractivity contribution in [2.24, 2.45) is 5.41 Å². The second kappa shape index (κ2) is 11.3. The normalized spacial score (nSPS) is 12.6. The van der Waals surface area contributed by atoms with E-state index < -0.39 is 41.1 Å². The van der Waals surface area contributed by atoms with Crippen LogP contribution in [0.5, 0.6) is 0 Å². The van der Waals surface area contributed by atoms with Crippen LogP contribution in [-0.4, -0.2) is 29.7 Å². The highest BCUT2D eigenvalue weighted by Gasteiger charge is 2.35. The third-order valence-electron chi connectivity index (χ3n) is 4.84. The highest BCUT2D eigenvalue weighted by molar-refractivity contribution is 6.33. The lowest BCUT2D eigenvalue weighted by molar-refractivity contribution is -0.133. The molecule has 0 radical (unpaired) electrons. The summed E-state index contributed by atoms with van der Waals surface area (Å²) in [6.45, 7) is 8.63. The summed E-state index contributed by atoms with van der Waals surface area (Å²) in [6.07, 6.45) is 0.991. The predicted octanol–water partition coefficient (Wildman–Crippen LogP) is 2.26. The molecule has 2 aromatic carbocycles. The van der Waals surface area contributed by atoms with Crippen LogP contribution in [0.25, 0.3) is 0 Å². The highest BCUT2D eigenvalue weighted by atomic mass is 35.5. The van der Waals surface area contributed by atoms with Crippen molar-refractivity contribution in [3.63, 3.8) is 0 Å². The van der Waals surface area contributed by atoms with Crippen LogP contribution in [0.1, 0.15) is 42.7 Å². The maximum Gasteiger partial charge on any atom is 0.265 e. The number of anilines is 1. The topological polar surface area (TPSA) is 142 Å². The second-order valence-electron chi connectivity index (χ2n) is 8.54. The van der Waals surface area contributed by atoms with Gasteiger partial charge in [-0.15, -0.1) is 0 Å². The fraction of sp³-hybridized carbons (Fsp3) is 0.250. The highest BCUT2D eigenvalue weighted by Crippen LogP contribution is 2.23. The Labute approximate surface area is 203 Å². The summed E-state index contributed by atoms with van der Waals surface area (Å²) in [5.74, 6) is -2.43. The number of hydrazine groups is 1. The van der Waals surface area contributed by atoms with Gasteiger partial charge in [-0.05, 0) is 35.3 Å². The fourth-order valence-electron chi connectivity index (χ4n) is 2.98. The number of benzene rings is 2. The third-order valence-corrected chi connectivity index (χ3v) is 5.17. The van der Waals surface area contributed by atoms with Gasteiger partial charge >= 0.3 is 0 Å². The molecular formula is C24H28ClN5O4. The van der Waals surface area contributed by atoms with Gasteiger partial charge in [-0.2, -0.15) is 0 Å². The lowest BCUT2D eigenvalue weighted by atomic mass is 9.85. The van der Waals surface area contributed by atoms with Crippen molar-refractivity contribution in [1.29, 1.82) is 0 Å². The Morgan fingerprint density at radius 2 is 1.62 bits per heavy atom. The average molecular weight is 486 g/mol. The van der Waals surface area contributed by atoms with E-state index in [1.807, 2.05) is 0 Å². The number of nitrogens with one attached hydrogen (secondary N) is 4. The summed E-state index contributed by atoms with van der Waals surface area (Å²) in [5, 5.41) is 5.59. The molecule has 0 fully saturated rings. The minimum atomic E-state index is -1.15. The van der Waals surface area contributed by atoms with Gasteiger partial charge in [0.25, 0.3) is 17.7 Å². The molecule has 9 nitrogen and oxygen atoms in total. The molecular weight excluding hydrogens is 458 g/mol. The molecule has 4 amide bonds. The van der Waals surface area contributed by atoms with Crippen molar-refractivity contribution in [3.05, 3.63) is 77.3 Å². The first-order chi connectivity index (χ1) is 15.9. The number of hydrogen-bond donors (Lipinski definition) is 5. The predicted molar refractivity (Wildman–Crippen MR) is 130 cm³/mol. The van der Waals surface area contributed by atoms with E-state index >= 15 is 0 Å². The van der Waals surface area contributed by atoms with Crippen molar-refractivity contribution in [3.8, 4) is 0 Å². The Kier molecular flexibility index (Phi) is 8.80. The number of hydrogen-bond acceptors (Lipinski definition) is 5. The van der Waals surface area contributed by atoms with Crippen LogP contribution in [-0.2, 0) is 14.4 Å². The van der Waals surface area contributed by atoms with Gasteiger partial charge in [0, 0.05) is 5.56 Å². The molecule has 34 heavy (non-hydrogen) atoms. The minimum Gasteiger partial charge on any atom is -0.398 e. The average Bonchev–Trinajstić information content (AvgIpc) is 2.80. The van der Waals surface area contributed by atoms with Crippen LogP contribution in [0.4, 0.5) is 5.69 Å². The van der Waals surface area contributed by atoms with Crippen molar-refractivity contribution in [1.82, 2.24) is 21.5 Å². The van der Waals surface area contributed by atoms with Crippen molar-refractivity contribution < 1.29 is 19.2 Å². The molecule has 0 bridgehead atoms. The van der Waals surface area contributed by atoms with E-state index in [0.29, 0.717) is 11.3 Å². The van der Waals surface area contributed by atoms with E-state index in [2.05, 4.69) is 28.1 Å². The summed E-state index contributed by atoms with van der Waals surface area (Å²) < 4.78 is 0. The van der Waals surface area contributed by atoms with Gasteiger partial charge in [-0.3, -0.25) is 30.0 Å². The first-order valence-electron chi connectivity index (χ1n) is 10.4. The lowest BCUT2D eigenvalue weighted by Gasteiger charge is -2.32. The number of nitrogen functional groups attached to an aromatic ring is 1. The monoisotopic (exact) mass is 485 g/mol. The molecule has 6 N–H and O–H groups in total. The zero-order chi connectivity index (χ0) is 25.5. The second-order valence-corrected chi connectivity index (χ2v) is 8.95. The fourth-order valence-corrected chi connectivity index (χ4v) is 3.16. The summed E-state index contributed by atoms with van der Waals surface area (Å²) in [6, 6.07) is 10.7. The van der Waals surface area contributed by atoms with Crippen LogP contribution < -0.4 is 27.2 Å². The number of amides is 4. The molecule has 0 heterocycles. The van der Waals surface area contributed by atoms with Crippen LogP contribution in [0.2, 0.25) is 5.02 Å². The van der Waals surface area contributed by atoms with Crippen molar-refractivity contribution in [2.75, 3.05) is 5.73 Å². The smallest absolute Gasteiger partial charge is 0.265 e. The van der Waals surface area contributed by atoms with Gasteiger partial charge in [0.15, 0.2) is 0 Å². The van der Waals surface area contributed by atoms with Crippen molar-refractivity contribution in [2.45, 2.75) is 32.9 Å². The Morgan fingerprint density at radius 1 is 0.971 bits per heavy atom. The lowest BCUT2D eigenvalue weighted by Crippen LogP contribution is -2.56. The Morgan fingerprint density at radius 3 is 2.18 bits per heavy atom. The number of carbonyl (C=O) groups is 4. The SMILES string of the molecule is C=CC(=O)NNC(=O)[C@@H](NC(=O)[C@@H](NC(=O)c1ccc(N)c(Cl)c1)C(C)(C)C)c1ccccc1. The minimum absolute atomic E-state index is 0.215. The number of halogens is 1. The molecule has 0 aromatic heterocycles. The zero-order valence-corrected chi connectivity index (χ0v) is 19.9. The Bertz CT molecular complexity index is 1080. The van der Waals surface area contributed by atoms with Gasteiger partial charge in [0.2, 0.25) is 5.91 Å². The zero-order valence-electron chi connectivity index (χ0n) is 19.1. The molecule has 0 saturated carbocycles. The van der Waals surface area contributed by atoms with Crippen LogP contribution in [0.15, 0.2) is 61.2 Å². The van der Waals surface area contributed by atoms with E-state index in [1.165, 1.54) is 18.2 Å². The largest absolute Gasteiger partial charge is 0.398 e. The summed E-state index contributed by atoms with van der Waals surface area (Å²) >= 11 is 6.02. The maximum absolute atomic E-state index is 13.3. The summed E-state index contributed by atoms with van der Waals surface area (Å²) in [4.78, 5) is 50.4.